The van der Waals surface area contributed by atoms with Crippen molar-refractivity contribution in [2.75, 3.05) is 33.1 Å². The van der Waals surface area contributed by atoms with Crippen LogP contribution in [0, 0.1) is 19.8 Å². The van der Waals surface area contributed by atoms with Gasteiger partial charge in [-0.3, -0.25) is 9.78 Å². The first kappa shape index (κ1) is 19.7. The van der Waals surface area contributed by atoms with Crippen molar-refractivity contribution < 1.29 is 17.9 Å². The van der Waals surface area contributed by atoms with Gasteiger partial charge >= 0.3 is 0 Å². The number of aryl methyl sites for hydroxylation is 2. The van der Waals surface area contributed by atoms with Gasteiger partial charge in [0.15, 0.2) is 0 Å². The third-order valence-electron chi connectivity index (χ3n) is 4.90. The van der Waals surface area contributed by atoms with Crippen LogP contribution in [0.25, 0.3) is 10.9 Å². The summed E-state index contributed by atoms with van der Waals surface area (Å²) in [5, 5.41) is 3.94. The number of hydrogen-bond donors (Lipinski definition) is 1. The Morgan fingerprint density at radius 2 is 2.00 bits per heavy atom. The monoisotopic (exact) mass is 391 g/mol. The summed E-state index contributed by atoms with van der Waals surface area (Å²) < 4.78 is 30.9. The van der Waals surface area contributed by atoms with Gasteiger partial charge < -0.3 is 10.1 Å². The summed E-state index contributed by atoms with van der Waals surface area (Å²) in [4.78, 5) is 17.2. The fraction of sp³-hybridized carbons (Fsp3) is 0.474. The van der Waals surface area contributed by atoms with Gasteiger partial charge in [-0.15, -0.1) is 0 Å². The molecule has 0 saturated carbocycles. The van der Waals surface area contributed by atoms with Crippen LogP contribution in [0.2, 0.25) is 0 Å². The summed E-state index contributed by atoms with van der Waals surface area (Å²) in [5.74, 6) is -0.576. The van der Waals surface area contributed by atoms with E-state index in [-0.39, 0.29) is 23.6 Å². The number of sulfonamides is 1. The molecule has 2 aromatic rings. The molecule has 0 bridgehead atoms. The van der Waals surface area contributed by atoms with Gasteiger partial charge in [0.1, 0.15) is 0 Å². The molecule has 1 aromatic carbocycles. The summed E-state index contributed by atoms with van der Waals surface area (Å²) in [6, 6.07) is 7.10. The number of aromatic nitrogens is 1. The third kappa shape index (κ3) is 4.28. The standard InChI is InChI=1S/C19H25N3O4S/c1-12-7-13(2)20-17-8-14(5-6-16(12)17)19(23)21-18-10-26-9-15(18)11-27(24,25)22(3)4/h5-8,15,18H,9-11H2,1-4H3,(H,21,23). The number of nitrogens with one attached hydrogen (secondary N) is 1. The number of rotatable bonds is 5. The van der Waals surface area contributed by atoms with E-state index in [1.165, 1.54) is 18.4 Å². The average Bonchev–Trinajstić information content (AvgIpc) is 3.00. The van der Waals surface area contributed by atoms with Crippen LogP contribution in [0.1, 0.15) is 21.6 Å². The number of benzene rings is 1. The Balaban J connectivity index is 1.77. The summed E-state index contributed by atoms with van der Waals surface area (Å²) in [6.07, 6.45) is 0. The number of hydrogen-bond acceptors (Lipinski definition) is 5. The molecular formula is C19H25N3O4S. The van der Waals surface area contributed by atoms with Crippen molar-refractivity contribution in [3.8, 4) is 0 Å². The first-order valence-corrected chi connectivity index (χ1v) is 10.4. The van der Waals surface area contributed by atoms with Crippen LogP contribution in [0.15, 0.2) is 24.3 Å². The molecule has 1 fully saturated rings. The minimum absolute atomic E-state index is 0.0530. The zero-order valence-electron chi connectivity index (χ0n) is 16.0. The molecule has 2 heterocycles. The lowest BCUT2D eigenvalue weighted by Crippen LogP contribution is -2.43. The van der Waals surface area contributed by atoms with E-state index in [1.807, 2.05) is 26.0 Å². The van der Waals surface area contributed by atoms with Crippen molar-refractivity contribution in [3.63, 3.8) is 0 Å². The summed E-state index contributed by atoms with van der Waals surface area (Å²) >= 11 is 0. The van der Waals surface area contributed by atoms with Crippen molar-refractivity contribution in [2.45, 2.75) is 19.9 Å². The van der Waals surface area contributed by atoms with E-state index in [0.29, 0.717) is 18.8 Å². The average molecular weight is 391 g/mol. The fourth-order valence-corrected chi connectivity index (χ4v) is 4.47. The fourth-order valence-electron chi connectivity index (χ4n) is 3.31. The molecule has 8 heteroatoms. The van der Waals surface area contributed by atoms with Gasteiger partial charge in [-0.1, -0.05) is 6.07 Å². The second-order valence-corrected chi connectivity index (χ2v) is 9.48. The molecule has 3 rings (SSSR count). The molecule has 27 heavy (non-hydrogen) atoms. The van der Waals surface area contributed by atoms with Gasteiger partial charge in [0.25, 0.3) is 5.91 Å². The summed E-state index contributed by atoms with van der Waals surface area (Å²) in [7, 11) is -0.352. The number of amides is 1. The number of carbonyl (C=O) groups is 1. The van der Waals surface area contributed by atoms with Crippen molar-refractivity contribution in [1.29, 1.82) is 0 Å². The highest BCUT2D eigenvalue weighted by atomic mass is 32.2. The van der Waals surface area contributed by atoms with E-state index in [9.17, 15) is 13.2 Å². The van der Waals surface area contributed by atoms with Gasteiger partial charge in [-0.25, -0.2) is 12.7 Å². The number of carbonyl (C=O) groups excluding carboxylic acids is 1. The lowest BCUT2D eigenvalue weighted by molar-refractivity contribution is 0.0926. The smallest absolute Gasteiger partial charge is 0.251 e. The van der Waals surface area contributed by atoms with Crippen LogP contribution in [0.5, 0.6) is 0 Å². The molecule has 0 spiro atoms. The van der Waals surface area contributed by atoms with Crippen molar-refractivity contribution in [3.05, 3.63) is 41.1 Å². The van der Waals surface area contributed by atoms with Crippen LogP contribution in [0.3, 0.4) is 0 Å². The number of ether oxygens (including phenoxy) is 1. The molecule has 1 N–H and O–H groups in total. The molecule has 1 saturated heterocycles. The van der Waals surface area contributed by atoms with E-state index in [1.54, 1.807) is 12.1 Å². The van der Waals surface area contributed by atoms with E-state index in [0.717, 1.165) is 22.2 Å². The Bertz CT molecular complexity index is 972. The van der Waals surface area contributed by atoms with E-state index >= 15 is 0 Å². The molecule has 1 aliphatic heterocycles. The molecule has 146 valence electrons. The quantitative estimate of drug-likeness (QED) is 0.834. The largest absolute Gasteiger partial charge is 0.379 e. The zero-order valence-corrected chi connectivity index (χ0v) is 16.8. The van der Waals surface area contributed by atoms with Crippen LogP contribution in [-0.2, 0) is 14.8 Å². The maximum Gasteiger partial charge on any atom is 0.251 e. The van der Waals surface area contributed by atoms with Crippen LogP contribution < -0.4 is 5.32 Å². The van der Waals surface area contributed by atoms with Crippen LogP contribution in [0.4, 0.5) is 0 Å². The first-order valence-electron chi connectivity index (χ1n) is 8.84. The number of nitrogens with zero attached hydrogens (tertiary/aromatic N) is 2. The molecule has 2 atom stereocenters. The van der Waals surface area contributed by atoms with Crippen molar-refractivity contribution in [1.82, 2.24) is 14.6 Å². The highest BCUT2D eigenvalue weighted by Gasteiger charge is 2.34. The van der Waals surface area contributed by atoms with Crippen LogP contribution >= 0.6 is 0 Å². The Morgan fingerprint density at radius 3 is 2.70 bits per heavy atom. The predicted octanol–water partition coefficient (Wildman–Crippen LogP) is 1.49. The second-order valence-electron chi connectivity index (χ2n) is 7.25. The summed E-state index contributed by atoms with van der Waals surface area (Å²) in [6.45, 7) is 4.56. The van der Waals surface area contributed by atoms with Gasteiger partial charge in [-0.2, -0.15) is 0 Å². The number of fused-ring (bicyclic) bond motifs is 1. The minimum Gasteiger partial charge on any atom is -0.379 e. The van der Waals surface area contributed by atoms with E-state index < -0.39 is 10.0 Å². The van der Waals surface area contributed by atoms with Crippen molar-refractivity contribution in [2.24, 2.45) is 5.92 Å². The molecule has 7 nitrogen and oxygen atoms in total. The zero-order chi connectivity index (χ0) is 19.8. The van der Waals surface area contributed by atoms with E-state index in [4.69, 9.17) is 4.74 Å². The topological polar surface area (TPSA) is 88.6 Å². The third-order valence-corrected chi connectivity index (χ3v) is 6.86. The normalized spacial score (nSPS) is 20.3. The molecule has 0 aliphatic carbocycles. The SMILES string of the molecule is Cc1cc(C)c2ccc(C(=O)NC3COCC3CS(=O)(=O)N(C)C)cc2n1. The Hall–Kier alpha value is -2.03. The minimum atomic E-state index is -3.36. The van der Waals surface area contributed by atoms with E-state index in [2.05, 4.69) is 10.3 Å². The maximum absolute atomic E-state index is 12.7. The number of pyridine rings is 1. The second kappa shape index (κ2) is 7.53. The first-order chi connectivity index (χ1) is 12.7. The molecular weight excluding hydrogens is 366 g/mol. The van der Waals surface area contributed by atoms with Gasteiger partial charge in [0.05, 0.1) is 30.5 Å². The van der Waals surface area contributed by atoms with Gasteiger partial charge in [-0.05, 0) is 37.6 Å². The Labute approximate surface area is 159 Å². The summed E-state index contributed by atoms with van der Waals surface area (Å²) in [5.41, 5.74) is 3.29. The molecule has 0 radical (unpaired) electrons. The molecule has 2 unspecified atom stereocenters. The molecule has 1 aromatic heterocycles. The lowest BCUT2D eigenvalue weighted by Gasteiger charge is -2.21. The molecule has 1 aliphatic rings. The highest BCUT2D eigenvalue weighted by molar-refractivity contribution is 7.89. The van der Waals surface area contributed by atoms with Crippen LogP contribution in [-0.4, -0.2) is 62.7 Å². The lowest BCUT2D eigenvalue weighted by atomic mass is 10.0. The Morgan fingerprint density at radius 1 is 1.26 bits per heavy atom. The van der Waals surface area contributed by atoms with Crippen molar-refractivity contribution >= 4 is 26.8 Å². The highest BCUT2D eigenvalue weighted by Crippen LogP contribution is 2.21. The molecule has 1 amide bonds. The Kier molecular flexibility index (Phi) is 5.50. The predicted molar refractivity (Wildman–Crippen MR) is 104 cm³/mol. The maximum atomic E-state index is 12.7. The van der Waals surface area contributed by atoms with Gasteiger partial charge in [0.2, 0.25) is 10.0 Å². The van der Waals surface area contributed by atoms with Gasteiger partial charge in [0, 0.05) is 36.7 Å².